The first-order valence-corrected chi connectivity index (χ1v) is 11.6. The molecule has 0 saturated heterocycles. The van der Waals surface area contributed by atoms with Gasteiger partial charge in [-0.1, -0.05) is 65.2 Å². The summed E-state index contributed by atoms with van der Waals surface area (Å²) >= 11 is 0. The maximum atomic E-state index is 12.4. The number of rotatable bonds is 11. The van der Waals surface area contributed by atoms with E-state index in [0.717, 1.165) is 12.8 Å². The van der Waals surface area contributed by atoms with Crippen LogP contribution in [0.5, 0.6) is 0 Å². The monoisotopic (exact) mass is 462 g/mol. The van der Waals surface area contributed by atoms with Crippen molar-refractivity contribution in [2.75, 3.05) is 6.54 Å². The molecular formula is C23H38N6O4. The molecule has 10 nitrogen and oxygen atoms in total. The van der Waals surface area contributed by atoms with Crippen LogP contribution in [0.25, 0.3) is 0 Å². The van der Waals surface area contributed by atoms with Crippen LogP contribution in [0.3, 0.4) is 0 Å². The van der Waals surface area contributed by atoms with Crippen molar-refractivity contribution in [2.24, 2.45) is 0 Å². The molecule has 0 aromatic carbocycles. The summed E-state index contributed by atoms with van der Waals surface area (Å²) in [6, 6.07) is -0.143. The van der Waals surface area contributed by atoms with Crippen molar-refractivity contribution in [1.29, 1.82) is 0 Å². The quantitative estimate of drug-likeness (QED) is 0.520. The van der Waals surface area contributed by atoms with Crippen molar-refractivity contribution in [3.8, 4) is 0 Å². The first-order chi connectivity index (χ1) is 15.4. The summed E-state index contributed by atoms with van der Waals surface area (Å²) in [4.78, 5) is 33.4. The fourth-order valence-corrected chi connectivity index (χ4v) is 2.96. The number of carbonyl (C=O) groups excluding carboxylic acids is 2. The lowest BCUT2D eigenvalue weighted by atomic mass is 9.96. The van der Waals surface area contributed by atoms with Crippen LogP contribution in [-0.4, -0.2) is 44.7 Å². The Balaban J connectivity index is 1.75. The number of nitrogens with zero attached hydrogens (tertiary/aromatic N) is 4. The smallest absolute Gasteiger partial charge is 0.227 e. The lowest BCUT2D eigenvalue weighted by Crippen LogP contribution is -2.43. The van der Waals surface area contributed by atoms with Crippen molar-refractivity contribution < 1.29 is 18.6 Å². The van der Waals surface area contributed by atoms with Crippen LogP contribution in [0.4, 0.5) is 0 Å². The van der Waals surface area contributed by atoms with Gasteiger partial charge in [-0.2, -0.15) is 9.97 Å². The predicted molar refractivity (Wildman–Crippen MR) is 122 cm³/mol. The Hall–Kier alpha value is -2.78. The maximum absolute atomic E-state index is 12.4. The normalized spacial score (nSPS) is 13.1. The van der Waals surface area contributed by atoms with E-state index in [1.807, 2.05) is 48.5 Å². The summed E-state index contributed by atoms with van der Waals surface area (Å²) in [5.74, 6) is 1.91. The number of amides is 2. The van der Waals surface area contributed by atoms with Gasteiger partial charge in [0.2, 0.25) is 23.6 Å². The Morgan fingerprint density at radius 1 is 0.848 bits per heavy atom. The highest BCUT2D eigenvalue weighted by Gasteiger charge is 2.22. The van der Waals surface area contributed by atoms with Crippen molar-refractivity contribution >= 4 is 11.8 Å². The summed E-state index contributed by atoms with van der Waals surface area (Å²) in [5.41, 5.74) is -0.402. The maximum Gasteiger partial charge on any atom is 0.227 e. The van der Waals surface area contributed by atoms with Crippen molar-refractivity contribution in [3.05, 3.63) is 23.4 Å². The molecule has 2 N–H and O–H groups in total. The average Bonchev–Trinajstić information content (AvgIpc) is 3.38. The number of hydrogen-bond acceptors (Lipinski definition) is 8. The Kier molecular flexibility index (Phi) is 9.13. The van der Waals surface area contributed by atoms with Gasteiger partial charge in [-0.3, -0.25) is 9.59 Å². The molecule has 1 unspecified atom stereocenters. The van der Waals surface area contributed by atoms with Gasteiger partial charge in [0, 0.05) is 49.1 Å². The molecule has 0 radical (unpaired) electrons. The topological polar surface area (TPSA) is 136 Å². The number of nitrogens with one attached hydrogen (secondary N) is 2. The summed E-state index contributed by atoms with van der Waals surface area (Å²) in [7, 11) is 0. The third-order valence-corrected chi connectivity index (χ3v) is 4.96. The molecule has 2 aromatic rings. The molecule has 184 valence electrons. The largest absolute Gasteiger partial charge is 0.354 e. The minimum absolute atomic E-state index is 0.112. The lowest BCUT2D eigenvalue weighted by molar-refractivity contribution is -0.123. The summed E-state index contributed by atoms with van der Waals surface area (Å²) in [6.07, 6.45) is 2.89. The molecule has 0 saturated carbocycles. The van der Waals surface area contributed by atoms with Gasteiger partial charge in [0.15, 0.2) is 11.6 Å². The minimum atomic E-state index is -0.202. The fraction of sp³-hybridized carbons (Fsp3) is 0.739. The second-order valence-corrected chi connectivity index (χ2v) is 10.4. The molecule has 0 bridgehead atoms. The first kappa shape index (κ1) is 26.5. The van der Waals surface area contributed by atoms with Gasteiger partial charge in [0.25, 0.3) is 0 Å². The molecule has 0 spiro atoms. The van der Waals surface area contributed by atoms with E-state index in [-0.39, 0.29) is 41.5 Å². The summed E-state index contributed by atoms with van der Waals surface area (Å²) < 4.78 is 10.5. The van der Waals surface area contributed by atoms with E-state index in [1.165, 1.54) is 0 Å². The standard InChI is InChI=1S/C23H38N6O4/c1-8-9-15(25-17(31)11-13-19-27-21(29-33-19)23(5,6)7)14-24-16(30)10-12-18-26-20(28-32-18)22(2,3)4/h15H,8-14H2,1-7H3,(H,24,30)(H,25,31). The molecule has 10 heteroatoms. The Morgan fingerprint density at radius 3 is 1.76 bits per heavy atom. The van der Waals surface area contributed by atoms with E-state index in [9.17, 15) is 9.59 Å². The van der Waals surface area contributed by atoms with Gasteiger partial charge in [-0.05, 0) is 6.42 Å². The summed E-state index contributed by atoms with van der Waals surface area (Å²) in [5, 5.41) is 13.8. The average molecular weight is 463 g/mol. The molecule has 2 amide bonds. The Morgan fingerprint density at radius 2 is 1.33 bits per heavy atom. The van der Waals surface area contributed by atoms with Crippen LogP contribution in [-0.2, 0) is 33.3 Å². The summed E-state index contributed by atoms with van der Waals surface area (Å²) in [6.45, 7) is 14.4. The van der Waals surface area contributed by atoms with Crippen LogP contribution >= 0.6 is 0 Å². The Bertz CT molecular complexity index is 907. The molecule has 0 aliphatic heterocycles. The van der Waals surface area contributed by atoms with E-state index < -0.39 is 0 Å². The molecule has 2 rings (SSSR count). The number of hydrogen-bond donors (Lipinski definition) is 2. The number of carbonyl (C=O) groups is 2. The zero-order valence-corrected chi connectivity index (χ0v) is 20.9. The lowest BCUT2D eigenvalue weighted by Gasteiger charge is -2.18. The fourth-order valence-electron chi connectivity index (χ4n) is 2.96. The zero-order chi connectivity index (χ0) is 24.6. The third-order valence-electron chi connectivity index (χ3n) is 4.96. The molecule has 2 aromatic heterocycles. The van der Waals surface area contributed by atoms with Crippen LogP contribution in [0.2, 0.25) is 0 Å². The third kappa shape index (κ3) is 8.94. The van der Waals surface area contributed by atoms with E-state index in [1.54, 1.807) is 0 Å². The Labute approximate surface area is 195 Å². The van der Waals surface area contributed by atoms with E-state index >= 15 is 0 Å². The minimum Gasteiger partial charge on any atom is -0.354 e. The second-order valence-electron chi connectivity index (χ2n) is 10.4. The molecule has 0 aliphatic rings. The predicted octanol–water partition coefficient (Wildman–Crippen LogP) is 3.01. The van der Waals surface area contributed by atoms with E-state index in [4.69, 9.17) is 9.05 Å². The van der Waals surface area contributed by atoms with Gasteiger partial charge in [-0.15, -0.1) is 0 Å². The van der Waals surface area contributed by atoms with Crippen molar-refractivity contribution in [2.45, 2.75) is 104 Å². The SMILES string of the molecule is CCCC(CNC(=O)CCc1nc(C(C)(C)C)no1)NC(=O)CCc1nc(C(C)(C)C)no1. The van der Waals surface area contributed by atoms with Gasteiger partial charge >= 0.3 is 0 Å². The van der Waals surface area contributed by atoms with Gasteiger partial charge in [0.05, 0.1) is 0 Å². The van der Waals surface area contributed by atoms with Crippen molar-refractivity contribution in [1.82, 2.24) is 30.9 Å². The molecule has 2 heterocycles. The van der Waals surface area contributed by atoms with Crippen LogP contribution < -0.4 is 10.6 Å². The van der Waals surface area contributed by atoms with Gasteiger partial charge < -0.3 is 19.7 Å². The molecular weight excluding hydrogens is 424 g/mol. The van der Waals surface area contributed by atoms with Gasteiger partial charge in [0.1, 0.15) is 0 Å². The van der Waals surface area contributed by atoms with Gasteiger partial charge in [-0.25, -0.2) is 0 Å². The van der Waals surface area contributed by atoms with Crippen LogP contribution in [0, 0.1) is 0 Å². The zero-order valence-electron chi connectivity index (χ0n) is 20.9. The molecule has 0 fully saturated rings. The highest BCUT2D eigenvalue weighted by atomic mass is 16.5. The van der Waals surface area contributed by atoms with Crippen LogP contribution in [0.15, 0.2) is 9.05 Å². The first-order valence-electron chi connectivity index (χ1n) is 11.6. The highest BCUT2D eigenvalue weighted by molar-refractivity contribution is 5.77. The number of aryl methyl sites for hydroxylation is 2. The van der Waals surface area contributed by atoms with E-state index in [0.29, 0.717) is 42.8 Å². The highest BCUT2D eigenvalue weighted by Crippen LogP contribution is 2.19. The van der Waals surface area contributed by atoms with Crippen LogP contribution in [0.1, 0.15) is 97.6 Å². The second kappa shape index (κ2) is 11.4. The number of aromatic nitrogens is 4. The van der Waals surface area contributed by atoms with Crippen molar-refractivity contribution in [3.63, 3.8) is 0 Å². The molecule has 1 atom stereocenters. The molecule has 33 heavy (non-hydrogen) atoms. The molecule has 0 aliphatic carbocycles. The van der Waals surface area contributed by atoms with E-state index in [2.05, 4.69) is 30.9 Å².